The lowest BCUT2D eigenvalue weighted by Gasteiger charge is -2.16. The third-order valence-corrected chi connectivity index (χ3v) is 4.44. The summed E-state index contributed by atoms with van der Waals surface area (Å²) < 4.78 is 5.72. The van der Waals surface area contributed by atoms with Crippen LogP contribution in [0.25, 0.3) is 16.8 Å². The van der Waals surface area contributed by atoms with Crippen molar-refractivity contribution in [2.24, 2.45) is 0 Å². The monoisotopic (exact) mass is 388 g/mol. The molecule has 5 heteroatoms. The summed E-state index contributed by atoms with van der Waals surface area (Å²) >= 11 is 0. The number of rotatable bonds is 6. The minimum absolute atomic E-state index is 0.207. The van der Waals surface area contributed by atoms with Gasteiger partial charge in [-0.15, -0.1) is 0 Å². The lowest BCUT2D eigenvalue weighted by atomic mass is 10.0. The molecule has 0 spiro atoms. The van der Waals surface area contributed by atoms with Gasteiger partial charge in [-0.2, -0.15) is 0 Å². The number of hydrogen-bond donors (Lipinski definition) is 1. The zero-order chi connectivity index (χ0) is 20.8. The fourth-order valence-electron chi connectivity index (χ4n) is 3.03. The van der Waals surface area contributed by atoms with Crippen LogP contribution in [-0.2, 0) is 4.79 Å². The van der Waals surface area contributed by atoms with Crippen LogP contribution >= 0.6 is 0 Å². The summed E-state index contributed by atoms with van der Waals surface area (Å²) in [6, 6.07) is 20.4. The maximum absolute atomic E-state index is 12.7. The van der Waals surface area contributed by atoms with Crippen molar-refractivity contribution in [3.8, 4) is 5.75 Å². The van der Waals surface area contributed by atoms with Gasteiger partial charge in [0.1, 0.15) is 11.4 Å². The van der Waals surface area contributed by atoms with Crippen molar-refractivity contribution < 1.29 is 14.3 Å². The van der Waals surface area contributed by atoms with E-state index in [1.54, 1.807) is 44.4 Å². The molecule has 0 saturated heterocycles. The van der Waals surface area contributed by atoms with Crippen LogP contribution in [0.3, 0.4) is 0 Å². The summed E-state index contributed by atoms with van der Waals surface area (Å²) in [5.74, 6) is 0.170. The van der Waals surface area contributed by atoms with Crippen LogP contribution < -0.4 is 10.1 Å². The molecule has 0 radical (unpaired) electrons. The molecule has 0 aromatic heterocycles. The van der Waals surface area contributed by atoms with Gasteiger partial charge in [0.2, 0.25) is 0 Å². The summed E-state index contributed by atoms with van der Waals surface area (Å²) in [7, 11) is 3.31. The standard InChI is InChI=1S/C24H24N2O3/c1-4-29-22-15-14-18(19-12-8-9-13-20(19)22)16-21(24(28)26(2)3)25-23(27)17-10-6-5-7-11-17/h5-16H,4H2,1-3H3,(H,25,27)/b21-16-. The first-order chi connectivity index (χ1) is 14.0. The number of likely N-dealkylation sites (N-methyl/N-ethyl adjacent to an activating group) is 1. The second kappa shape index (κ2) is 9.06. The number of carbonyl (C=O) groups excluding carboxylic acids is 2. The molecule has 0 unspecified atom stereocenters. The van der Waals surface area contributed by atoms with Crippen LogP contribution in [0.2, 0.25) is 0 Å². The predicted molar refractivity (Wildman–Crippen MR) is 116 cm³/mol. The number of amides is 2. The van der Waals surface area contributed by atoms with Gasteiger partial charge < -0.3 is 15.0 Å². The van der Waals surface area contributed by atoms with E-state index in [0.717, 1.165) is 22.1 Å². The average Bonchev–Trinajstić information content (AvgIpc) is 2.75. The molecule has 0 aliphatic rings. The smallest absolute Gasteiger partial charge is 0.269 e. The zero-order valence-electron chi connectivity index (χ0n) is 16.8. The quantitative estimate of drug-likeness (QED) is 0.647. The third-order valence-electron chi connectivity index (χ3n) is 4.44. The van der Waals surface area contributed by atoms with E-state index in [2.05, 4.69) is 5.32 Å². The molecule has 148 valence electrons. The van der Waals surface area contributed by atoms with Gasteiger partial charge in [-0.3, -0.25) is 9.59 Å². The molecule has 0 fully saturated rings. The number of carbonyl (C=O) groups is 2. The van der Waals surface area contributed by atoms with E-state index in [1.165, 1.54) is 4.90 Å². The van der Waals surface area contributed by atoms with Crippen LogP contribution in [-0.4, -0.2) is 37.4 Å². The highest BCUT2D eigenvalue weighted by Gasteiger charge is 2.17. The number of nitrogens with one attached hydrogen (secondary N) is 1. The molecule has 3 aromatic carbocycles. The summed E-state index contributed by atoms with van der Waals surface area (Å²) in [5.41, 5.74) is 1.52. The minimum atomic E-state index is -0.331. The topological polar surface area (TPSA) is 58.6 Å². The van der Waals surface area contributed by atoms with E-state index in [9.17, 15) is 9.59 Å². The number of benzene rings is 3. The molecular weight excluding hydrogens is 364 g/mol. The molecule has 3 aromatic rings. The predicted octanol–water partition coefficient (Wildman–Crippen LogP) is 4.10. The van der Waals surface area contributed by atoms with E-state index in [4.69, 9.17) is 4.74 Å². The first-order valence-electron chi connectivity index (χ1n) is 9.45. The van der Waals surface area contributed by atoms with Crippen LogP contribution in [0.1, 0.15) is 22.8 Å². The fourth-order valence-corrected chi connectivity index (χ4v) is 3.03. The first kappa shape index (κ1) is 20.1. The highest BCUT2D eigenvalue weighted by Crippen LogP contribution is 2.29. The second-order valence-corrected chi connectivity index (χ2v) is 6.71. The lowest BCUT2D eigenvalue weighted by Crippen LogP contribution is -2.34. The Balaban J connectivity index is 2.05. The Hall–Kier alpha value is -3.60. The molecule has 0 atom stereocenters. The Morgan fingerprint density at radius 2 is 1.59 bits per heavy atom. The van der Waals surface area contributed by atoms with E-state index in [1.807, 2.05) is 49.4 Å². The Kier molecular flexibility index (Phi) is 6.29. The van der Waals surface area contributed by atoms with Crippen LogP contribution in [0.4, 0.5) is 0 Å². The highest BCUT2D eigenvalue weighted by molar-refractivity contribution is 6.06. The summed E-state index contributed by atoms with van der Waals surface area (Å²) in [5, 5.41) is 4.66. The Morgan fingerprint density at radius 1 is 0.931 bits per heavy atom. The van der Waals surface area contributed by atoms with Gasteiger partial charge in [0.15, 0.2) is 0 Å². The number of nitrogens with zero attached hydrogens (tertiary/aromatic N) is 1. The molecule has 2 amide bonds. The molecule has 1 N–H and O–H groups in total. The number of fused-ring (bicyclic) bond motifs is 1. The van der Waals surface area contributed by atoms with Gasteiger partial charge in [0, 0.05) is 25.0 Å². The van der Waals surface area contributed by atoms with Gasteiger partial charge in [0.05, 0.1) is 6.61 Å². The van der Waals surface area contributed by atoms with E-state index in [0.29, 0.717) is 12.2 Å². The average molecular weight is 388 g/mol. The normalized spacial score (nSPS) is 11.2. The van der Waals surface area contributed by atoms with E-state index < -0.39 is 0 Å². The van der Waals surface area contributed by atoms with Gasteiger partial charge >= 0.3 is 0 Å². The molecule has 0 heterocycles. The molecule has 5 nitrogen and oxygen atoms in total. The molecule has 0 bridgehead atoms. The maximum atomic E-state index is 12.7. The van der Waals surface area contributed by atoms with Crippen molar-refractivity contribution in [3.05, 3.63) is 83.6 Å². The van der Waals surface area contributed by atoms with Crippen molar-refractivity contribution in [3.63, 3.8) is 0 Å². The minimum Gasteiger partial charge on any atom is -0.493 e. The number of ether oxygens (including phenoxy) is 1. The molecule has 3 rings (SSSR count). The van der Waals surface area contributed by atoms with Crippen molar-refractivity contribution in [2.75, 3.05) is 20.7 Å². The van der Waals surface area contributed by atoms with E-state index >= 15 is 0 Å². The largest absolute Gasteiger partial charge is 0.493 e. The summed E-state index contributed by atoms with van der Waals surface area (Å²) in [4.78, 5) is 26.8. The molecule has 0 saturated carbocycles. The fraction of sp³-hybridized carbons (Fsp3) is 0.167. The van der Waals surface area contributed by atoms with Gasteiger partial charge in [0.25, 0.3) is 11.8 Å². The Bertz CT molecular complexity index is 1060. The maximum Gasteiger partial charge on any atom is 0.269 e. The second-order valence-electron chi connectivity index (χ2n) is 6.71. The van der Waals surface area contributed by atoms with Crippen LogP contribution in [0.5, 0.6) is 5.75 Å². The zero-order valence-corrected chi connectivity index (χ0v) is 16.8. The SMILES string of the molecule is CCOc1ccc(/C=C(\NC(=O)c2ccccc2)C(=O)N(C)C)c2ccccc12. The Labute approximate surface area is 170 Å². The van der Waals surface area contributed by atoms with Crippen molar-refractivity contribution >= 4 is 28.7 Å². The van der Waals surface area contributed by atoms with Crippen LogP contribution in [0.15, 0.2) is 72.4 Å². The van der Waals surface area contributed by atoms with Gasteiger partial charge in [-0.05, 0) is 42.1 Å². The van der Waals surface area contributed by atoms with Crippen molar-refractivity contribution in [1.82, 2.24) is 10.2 Å². The highest BCUT2D eigenvalue weighted by atomic mass is 16.5. The van der Waals surface area contributed by atoms with Gasteiger partial charge in [-0.1, -0.05) is 48.5 Å². The third kappa shape index (κ3) is 4.63. The van der Waals surface area contributed by atoms with Gasteiger partial charge in [-0.25, -0.2) is 0 Å². The lowest BCUT2D eigenvalue weighted by molar-refractivity contribution is -0.124. The Morgan fingerprint density at radius 3 is 2.24 bits per heavy atom. The summed E-state index contributed by atoms with van der Waals surface area (Å²) in [6.45, 7) is 2.51. The van der Waals surface area contributed by atoms with Crippen molar-refractivity contribution in [2.45, 2.75) is 6.92 Å². The van der Waals surface area contributed by atoms with Crippen LogP contribution in [0, 0.1) is 0 Å². The summed E-state index contributed by atoms with van der Waals surface area (Å²) in [6.07, 6.45) is 1.71. The molecule has 0 aliphatic heterocycles. The molecule has 29 heavy (non-hydrogen) atoms. The number of hydrogen-bond acceptors (Lipinski definition) is 3. The molecule has 0 aliphatic carbocycles. The first-order valence-corrected chi connectivity index (χ1v) is 9.45. The van der Waals surface area contributed by atoms with E-state index in [-0.39, 0.29) is 17.5 Å². The van der Waals surface area contributed by atoms with Crippen molar-refractivity contribution in [1.29, 1.82) is 0 Å². The molecular formula is C24H24N2O3.